The Balaban J connectivity index is 1.79. The minimum Gasteiger partial charge on any atom is -0.478 e. The van der Waals surface area contributed by atoms with E-state index in [1.165, 1.54) is 30.3 Å². The van der Waals surface area contributed by atoms with Crippen molar-refractivity contribution < 1.29 is 32.3 Å². The number of hydrogen-bond donors (Lipinski definition) is 3. The van der Waals surface area contributed by atoms with Crippen LogP contribution >= 0.6 is 58.1 Å². The summed E-state index contributed by atoms with van der Waals surface area (Å²) < 4.78 is 44.9. The number of sulfonamides is 1. The van der Waals surface area contributed by atoms with Crippen LogP contribution in [0.25, 0.3) is 10.1 Å². The summed E-state index contributed by atoms with van der Waals surface area (Å²) in [7, 11) is -8.67. The molecule has 2 aromatic carbocycles. The third-order valence-electron chi connectivity index (χ3n) is 3.70. The van der Waals surface area contributed by atoms with Crippen LogP contribution in [0, 0.1) is 0 Å². The number of hydrogen-bond acceptors (Lipinski definition) is 6. The molecule has 0 spiro atoms. The highest BCUT2D eigenvalue weighted by atomic mass is 79.9. The van der Waals surface area contributed by atoms with E-state index in [9.17, 15) is 22.7 Å². The number of fused-ring (bicyclic) bond motifs is 1. The van der Waals surface area contributed by atoms with E-state index in [1.807, 2.05) is 4.72 Å². The maximum absolute atomic E-state index is 12.6. The lowest BCUT2D eigenvalue weighted by Gasteiger charge is -2.14. The Morgan fingerprint density at radius 1 is 1.20 bits per heavy atom. The van der Waals surface area contributed by atoms with Crippen LogP contribution in [0.4, 0.5) is 0 Å². The number of carbonyl (C=O) groups is 1. The summed E-state index contributed by atoms with van der Waals surface area (Å²) in [5, 5.41) is 10.2. The topological polar surface area (TPSA) is 130 Å². The van der Waals surface area contributed by atoms with Crippen molar-refractivity contribution in [3.8, 4) is 5.75 Å². The van der Waals surface area contributed by atoms with Gasteiger partial charge in [0.15, 0.2) is 0 Å². The third kappa shape index (κ3) is 5.17. The molecular formula is C16H11BrCl2NO7PS2. The highest BCUT2D eigenvalue weighted by molar-refractivity contribution is 9.10. The Labute approximate surface area is 193 Å². The summed E-state index contributed by atoms with van der Waals surface area (Å²) in [6, 6.07) is 8.01. The lowest BCUT2D eigenvalue weighted by Crippen LogP contribution is -2.25. The Kier molecular flexibility index (Phi) is 6.86. The van der Waals surface area contributed by atoms with Crippen LogP contribution < -0.4 is 9.25 Å². The van der Waals surface area contributed by atoms with E-state index in [0.717, 1.165) is 17.4 Å². The summed E-state index contributed by atoms with van der Waals surface area (Å²) in [4.78, 5) is 21.2. The summed E-state index contributed by atoms with van der Waals surface area (Å²) in [6.07, 6.45) is -0.941. The quantitative estimate of drug-likeness (QED) is 0.332. The molecule has 0 aliphatic heterocycles. The zero-order valence-corrected chi connectivity index (χ0v) is 20.1. The van der Waals surface area contributed by atoms with Crippen LogP contribution in [-0.2, 0) is 14.6 Å². The standard InChI is InChI=1S/C16H11BrCl2NO7PS2/c17-11-2-1-8(5-9(11)16(21)22)27-28(23,24)7-20-30(25,26)14-6-10-12(18)3-4-13(19)15(10)29-14/h1-6,20H,7H2,(H,21,22)(H,23,24). The molecule has 1 atom stereocenters. The number of aromatic carboxylic acids is 1. The smallest absolute Gasteiger partial charge is 0.391 e. The lowest BCUT2D eigenvalue weighted by molar-refractivity contribution is 0.0695. The summed E-state index contributed by atoms with van der Waals surface area (Å²) in [6.45, 7) is 0. The molecule has 0 fully saturated rings. The number of benzene rings is 2. The Morgan fingerprint density at radius 3 is 2.50 bits per heavy atom. The number of nitrogens with one attached hydrogen (secondary N) is 1. The van der Waals surface area contributed by atoms with Crippen molar-refractivity contribution in [2.75, 3.05) is 6.29 Å². The fourth-order valence-corrected chi connectivity index (χ4v) is 7.24. The predicted octanol–water partition coefficient (Wildman–Crippen LogP) is 5.17. The molecule has 3 aromatic rings. The molecule has 3 rings (SSSR count). The van der Waals surface area contributed by atoms with Gasteiger partial charge in [-0.05, 0) is 52.3 Å². The van der Waals surface area contributed by atoms with Crippen molar-refractivity contribution in [1.29, 1.82) is 0 Å². The molecule has 0 amide bonds. The molecule has 0 radical (unpaired) electrons. The Morgan fingerprint density at radius 2 is 1.87 bits per heavy atom. The number of rotatable bonds is 7. The first-order chi connectivity index (χ1) is 13.9. The van der Waals surface area contributed by atoms with E-state index in [0.29, 0.717) is 20.1 Å². The minimum absolute atomic E-state index is 0.149. The van der Waals surface area contributed by atoms with Gasteiger partial charge in [0, 0.05) is 14.9 Å². The van der Waals surface area contributed by atoms with Crippen LogP contribution in [0.2, 0.25) is 10.0 Å². The summed E-state index contributed by atoms with van der Waals surface area (Å²) in [5.74, 6) is -1.48. The van der Waals surface area contributed by atoms with Gasteiger partial charge in [-0.15, -0.1) is 11.3 Å². The molecule has 3 N–H and O–H groups in total. The SMILES string of the molecule is O=C(O)c1cc(OP(=O)(O)CNS(=O)(=O)c2cc3c(Cl)ccc(Cl)c3s2)ccc1Br. The van der Waals surface area contributed by atoms with Crippen LogP contribution in [-0.4, -0.2) is 30.7 Å². The van der Waals surface area contributed by atoms with Gasteiger partial charge in [-0.25, -0.2) is 17.8 Å². The highest BCUT2D eigenvalue weighted by Crippen LogP contribution is 2.43. The number of carboxylic acids is 1. The Hall–Kier alpha value is -1.17. The summed E-state index contributed by atoms with van der Waals surface area (Å²) >= 11 is 16.0. The molecule has 30 heavy (non-hydrogen) atoms. The minimum atomic E-state index is -4.50. The van der Waals surface area contributed by atoms with Crippen molar-refractivity contribution in [2.45, 2.75) is 4.21 Å². The second-order valence-electron chi connectivity index (χ2n) is 5.82. The molecule has 14 heteroatoms. The highest BCUT2D eigenvalue weighted by Gasteiger charge is 2.27. The molecule has 160 valence electrons. The second kappa shape index (κ2) is 8.76. The molecule has 0 bridgehead atoms. The van der Waals surface area contributed by atoms with Crippen LogP contribution in [0.3, 0.4) is 0 Å². The zero-order chi connectivity index (χ0) is 22.3. The average Bonchev–Trinajstić information content (AvgIpc) is 3.12. The number of carboxylic acid groups (broad SMARTS) is 1. The van der Waals surface area contributed by atoms with E-state index in [2.05, 4.69) is 15.9 Å². The fraction of sp³-hybridized carbons (Fsp3) is 0.0625. The van der Waals surface area contributed by atoms with Gasteiger partial charge in [0.25, 0.3) is 10.0 Å². The monoisotopic (exact) mass is 573 g/mol. The van der Waals surface area contributed by atoms with Gasteiger partial charge in [-0.3, -0.25) is 0 Å². The van der Waals surface area contributed by atoms with E-state index in [1.54, 1.807) is 0 Å². The normalized spacial score (nSPS) is 13.9. The van der Waals surface area contributed by atoms with Crippen LogP contribution in [0.15, 0.2) is 45.1 Å². The zero-order valence-electron chi connectivity index (χ0n) is 14.5. The largest absolute Gasteiger partial charge is 0.478 e. The molecule has 1 aromatic heterocycles. The van der Waals surface area contributed by atoms with Crippen molar-refractivity contribution in [2.24, 2.45) is 0 Å². The molecule has 0 saturated heterocycles. The first kappa shape index (κ1) is 23.5. The van der Waals surface area contributed by atoms with E-state index < -0.39 is 29.9 Å². The maximum atomic E-state index is 12.6. The molecule has 0 aliphatic rings. The molecular weight excluding hydrogens is 564 g/mol. The average molecular weight is 575 g/mol. The lowest BCUT2D eigenvalue weighted by atomic mass is 10.2. The predicted molar refractivity (Wildman–Crippen MR) is 119 cm³/mol. The van der Waals surface area contributed by atoms with Gasteiger partial charge in [-0.2, -0.15) is 4.72 Å². The van der Waals surface area contributed by atoms with Gasteiger partial charge in [0.2, 0.25) is 0 Å². The molecule has 8 nitrogen and oxygen atoms in total. The van der Waals surface area contributed by atoms with Gasteiger partial charge in [-0.1, -0.05) is 23.2 Å². The van der Waals surface area contributed by atoms with Crippen LogP contribution in [0.5, 0.6) is 5.75 Å². The van der Waals surface area contributed by atoms with Crippen molar-refractivity contribution >= 4 is 84.1 Å². The van der Waals surface area contributed by atoms with E-state index in [4.69, 9.17) is 32.8 Å². The molecule has 1 heterocycles. The van der Waals surface area contributed by atoms with Crippen LogP contribution in [0.1, 0.15) is 10.4 Å². The fourth-order valence-electron chi connectivity index (χ4n) is 2.33. The van der Waals surface area contributed by atoms with Crippen molar-refractivity contribution in [1.82, 2.24) is 4.72 Å². The van der Waals surface area contributed by atoms with E-state index >= 15 is 0 Å². The second-order valence-corrected chi connectivity index (χ2v) is 12.3. The first-order valence-corrected chi connectivity index (χ1v) is 13.4. The van der Waals surface area contributed by atoms with Gasteiger partial charge < -0.3 is 14.5 Å². The van der Waals surface area contributed by atoms with Crippen molar-refractivity contribution in [3.05, 3.63) is 56.5 Å². The van der Waals surface area contributed by atoms with E-state index in [-0.39, 0.29) is 20.0 Å². The first-order valence-electron chi connectivity index (χ1n) is 7.81. The molecule has 1 unspecified atom stereocenters. The van der Waals surface area contributed by atoms with Gasteiger partial charge >= 0.3 is 13.6 Å². The van der Waals surface area contributed by atoms with Gasteiger partial charge in [0.05, 0.1) is 15.3 Å². The van der Waals surface area contributed by atoms with Gasteiger partial charge in [0.1, 0.15) is 16.2 Å². The number of halogens is 3. The number of thiophene rings is 1. The maximum Gasteiger partial charge on any atom is 0.391 e. The third-order valence-corrected chi connectivity index (χ3v) is 9.45. The van der Waals surface area contributed by atoms with Crippen molar-refractivity contribution in [3.63, 3.8) is 0 Å². The Bertz CT molecular complexity index is 1270. The summed E-state index contributed by atoms with van der Waals surface area (Å²) in [5.41, 5.74) is -0.188. The molecule has 0 saturated carbocycles. The molecule has 0 aliphatic carbocycles.